The van der Waals surface area contributed by atoms with Gasteiger partial charge in [0.2, 0.25) is 0 Å². The second-order valence-electron chi connectivity index (χ2n) is 7.85. The molecule has 1 saturated heterocycles. The van der Waals surface area contributed by atoms with E-state index in [2.05, 4.69) is 27.9 Å². The molecule has 1 heterocycles. The van der Waals surface area contributed by atoms with Crippen molar-refractivity contribution in [1.29, 1.82) is 0 Å². The number of carboxylic acids is 1. The number of hydrogen-bond acceptors (Lipinski definition) is 6. The lowest BCUT2D eigenvalue weighted by Crippen LogP contribution is -2.54. The van der Waals surface area contributed by atoms with E-state index in [1.54, 1.807) is 18.2 Å². The van der Waals surface area contributed by atoms with Gasteiger partial charge in [-0.15, -0.1) is 0 Å². The van der Waals surface area contributed by atoms with Crippen molar-refractivity contribution in [2.24, 2.45) is 0 Å². The van der Waals surface area contributed by atoms with E-state index in [1.807, 2.05) is 37.3 Å². The highest BCUT2D eigenvalue weighted by molar-refractivity contribution is 14.1. The van der Waals surface area contributed by atoms with Crippen molar-refractivity contribution in [3.8, 4) is 11.5 Å². The number of aromatic carboxylic acids is 1. The highest BCUT2D eigenvalue weighted by atomic mass is 127. The van der Waals surface area contributed by atoms with Gasteiger partial charge in [0.15, 0.2) is 16.6 Å². The van der Waals surface area contributed by atoms with Gasteiger partial charge in [-0.1, -0.05) is 36.4 Å². The van der Waals surface area contributed by atoms with Crippen LogP contribution in [0.2, 0.25) is 0 Å². The number of carbonyl (C=O) groups is 3. The summed E-state index contributed by atoms with van der Waals surface area (Å²) in [6.07, 6.45) is 1.44. The number of rotatable bonds is 8. The minimum absolute atomic E-state index is 0.0162. The summed E-state index contributed by atoms with van der Waals surface area (Å²) >= 11 is 7.33. The molecule has 0 radical (unpaired) electrons. The van der Waals surface area contributed by atoms with Gasteiger partial charge in [-0.2, -0.15) is 0 Å². The number of halogens is 1. The number of ether oxygens (including phenoxy) is 2. The summed E-state index contributed by atoms with van der Waals surface area (Å²) in [5, 5.41) is 11.7. The van der Waals surface area contributed by atoms with Crippen LogP contribution in [0, 0.1) is 3.57 Å². The number of carboxylic acid groups (broad SMARTS) is 1. The van der Waals surface area contributed by atoms with Gasteiger partial charge >= 0.3 is 5.97 Å². The Morgan fingerprint density at radius 1 is 1.08 bits per heavy atom. The molecule has 4 rings (SSSR count). The van der Waals surface area contributed by atoms with Crippen LogP contribution < -0.4 is 19.7 Å². The zero-order valence-electron chi connectivity index (χ0n) is 19.6. The number of thiocarbonyl (C=S) groups is 1. The van der Waals surface area contributed by atoms with Crippen molar-refractivity contribution in [3.63, 3.8) is 0 Å². The predicted octanol–water partition coefficient (Wildman–Crippen LogP) is 4.80. The molecule has 188 valence electrons. The highest BCUT2D eigenvalue weighted by Crippen LogP contribution is 2.36. The number of anilines is 1. The third-order valence-electron chi connectivity index (χ3n) is 5.32. The summed E-state index contributed by atoms with van der Waals surface area (Å²) in [4.78, 5) is 38.6. The summed E-state index contributed by atoms with van der Waals surface area (Å²) in [5.41, 5.74) is 1.60. The molecule has 1 aliphatic heterocycles. The fourth-order valence-corrected chi connectivity index (χ4v) is 4.70. The molecule has 3 aromatic rings. The van der Waals surface area contributed by atoms with Crippen molar-refractivity contribution in [2.75, 3.05) is 11.5 Å². The molecule has 0 bridgehead atoms. The smallest absolute Gasteiger partial charge is 0.335 e. The van der Waals surface area contributed by atoms with Crippen LogP contribution >= 0.6 is 34.8 Å². The Balaban J connectivity index is 1.67. The first-order chi connectivity index (χ1) is 17.8. The molecule has 1 fully saturated rings. The van der Waals surface area contributed by atoms with Crippen molar-refractivity contribution in [2.45, 2.75) is 13.5 Å². The number of benzene rings is 3. The number of nitrogens with zero attached hydrogens (tertiary/aromatic N) is 1. The summed E-state index contributed by atoms with van der Waals surface area (Å²) in [6.45, 7) is 2.58. The largest absolute Gasteiger partial charge is 0.490 e. The molecule has 0 aliphatic carbocycles. The molecule has 0 atom stereocenters. The molecular formula is C27H21IN2O6S. The molecule has 1 aliphatic rings. The van der Waals surface area contributed by atoms with Crippen LogP contribution in [0.3, 0.4) is 0 Å². The van der Waals surface area contributed by atoms with Crippen LogP contribution in [0.5, 0.6) is 11.5 Å². The van der Waals surface area contributed by atoms with E-state index in [1.165, 1.54) is 24.3 Å². The summed E-state index contributed by atoms with van der Waals surface area (Å²) in [5.74, 6) is -1.44. The number of amides is 2. The normalized spacial score (nSPS) is 14.5. The number of carbonyl (C=O) groups excluding carboxylic acids is 2. The van der Waals surface area contributed by atoms with Gasteiger partial charge in [-0.3, -0.25) is 19.8 Å². The predicted molar refractivity (Wildman–Crippen MR) is 151 cm³/mol. The van der Waals surface area contributed by atoms with Crippen LogP contribution in [0.25, 0.3) is 6.08 Å². The maximum absolute atomic E-state index is 13.4. The Morgan fingerprint density at radius 3 is 2.54 bits per heavy atom. The first kappa shape index (κ1) is 26.3. The molecule has 3 aromatic carbocycles. The Hall–Kier alpha value is -3.77. The first-order valence-corrected chi connectivity index (χ1v) is 12.6. The molecule has 0 saturated carbocycles. The van der Waals surface area contributed by atoms with E-state index in [-0.39, 0.29) is 21.9 Å². The first-order valence-electron chi connectivity index (χ1n) is 11.2. The Kier molecular flexibility index (Phi) is 8.19. The van der Waals surface area contributed by atoms with Gasteiger partial charge in [-0.05, 0) is 89.3 Å². The maximum atomic E-state index is 13.4. The SMILES string of the molecule is CCOc1cc(C=C2C(=O)NC(=S)N(c3cccc(C(=O)O)c3)C2=O)cc(I)c1OCc1ccccc1. The second kappa shape index (κ2) is 11.5. The van der Waals surface area contributed by atoms with E-state index in [9.17, 15) is 19.5 Å². The van der Waals surface area contributed by atoms with Crippen LogP contribution in [-0.4, -0.2) is 34.6 Å². The Bertz CT molecular complexity index is 1420. The number of nitrogens with one attached hydrogen (secondary N) is 1. The molecule has 10 heteroatoms. The molecule has 2 N–H and O–H groups in total. The summed E-state index contributed by atoms with van der Waals surface area (Å²) in [6, 6.07) is 18.9. The lowest BCUT2D eigenvalue weighted by molar-refractivity contribution is -0.122. The van der Waals surface area contributed by atoms with Gasteiger partial charge in [0.1, 0.15) is 12.2 Å². The van der Waals surface area contributed by atoms with Gasteiger partial charge < -0.3 is 14.6 Å². The van der Waals surface area contributed by atoms with Gasteiger partial charge in [0.05, 0.1) is 21.4 Å². The van der Waals surface area contributed by atoms with Crippen LogP contribution in [0.15, 0.2) is 72.3 Å². The fourth-order valence-electron chi connectivity index (χ4n) is 3.64. The average Bonchev–Trinajstić information content (AvgIpc) is 2.87. The molecule has 8 nitrogen and oxygen atoms in total. The standard InChI is InChI=1S/C27H21IN2O6S/c1-2-35-22-13-17(12-21(28)23(22)36-15-16-7-4-3-5-8-16)11-20-24(31)29-27(37)30(25(20)32)19-10-6-9-18(14-19)26(33)34/h3-14H,2,15H2,1H3,(H,33,34)(H,29,31,37). The van der Waals surface area contributed by atoms with Crippen molar-refractivity contribution in [1.82, 2.24) is 5.32 Å². The topological polar surface area (TPSA) is 105 Å². The lowest BCUT2D eigenvalue weighted by Gasteiger charge is -2.29. The van der Waals surface area contributed by atoms with E-state index in [0.717, 1.165) is 14.0 Å². The third kappa shape index (κ3) is 5.97. The zero-order valence-corrected chi connectivity index (χ0v) is 22.5. The third-order valence-corrected chi connectivity index (χ3v) is 6.41. The average molecular weight is 628 g/mol. The monoisotopic (exact) mass is 628 g/mol. The van der Waals surface area contributed by atoms with E-state index in [0.29, 0.717) is 30.3 Å². The summed E-state index contributed by atoms with van der Waals surface area (Å²) < 4.78 is 12.6. The second-order valence-corrected chi connectivity index (χ2v) is 9.40. The number of hydrogen-bond donors (Lipinski definition) is 2. The van der Waals surface area contributed by atoms with Crippen molar-refractivity contribution in [3.05, 3.63) is 92.6 Å². The van der Waals surface area contributed by atoms with Crippen molar-refractivity contribution < 1.29 is 29.0 Å². The highest BCUT2D eigenvalue weighted by Gasteiger charge is 2.35. The lowest BCUT2D eigenvalue weighted by atomic mass is 10.1. The fraction of sp³-hybridized carbons (Fsp3) is 0.111. The Labute approximate surface area is 232 Å². The van der Waals surface area contributed by atoms with Crippen LogP contribution in [-0.2, 0) is 16.2 Å². The van der Waals surface area contributed by atoms with Crippen LogP contribution in [0.1, 0.15) is 28.4 Å². The maximum Gasteiger partial charge on any atom is 0.335 e. The van der Waals surface area contributed by atoms with Gasteiger partial charge in [0.25, 0.3) is 11.8 Å². The minimum Gasteiger partial charge on any atom is -0.490 e. The van der Waals surface area contributed by atoms with Gasteiger partial charge in [0, 0.05) is 0 Å². The minimum atomic E-state index is -1.15. The van der Waals surface area contributed by atoms with E-state index >= 15 is 0 Å². The summed E-state index contributed by atoms with van der Waals surface area (Å²) in [7, 11) is 0. The molecule has 0 aromatic heterocycles. The zero-order chi connectivity index (χ0) is 26.5. The van der Waals surface area contributed by atoms with E-state index in [4.69, 9.17) is 21.7 Å². The van der Waals surface area contributed by atoms with E-state index < -0.39 is 17.8 Å². The molecule has 0 spiro atoms. The van der Waals surface area contributed by atoms with Crippen LogP contribution in [0.4, 0.5) is 5.69 Å². The molecule has 37 heavy (non-hydrogen) atoms. The Morgan fingerprint density at radius 2 is 1.84 bits per heavy atom. The molecule has 0 unspecified atom stereocenters. The quantitative estimate of drug-likeness (QED) is 0.160. The van der Waals surface area contributed by atoms with Gasteiger partial charge in [-0.25, -0.2) is 4.79 Å². The molecule has 2 amide bonds. The van der Waals surface area contributed by atoms with Crippen molar-refractivity contribution >= 4 is 69.5 Å². The molecular weight excluding hydrogens is 607 g/mol.